The van der Waals surface area contributed by atoms with Crippen LogP contribution in [0.15, 0.2) is 24.3 Å². The highest BCUT2D eigenvalue weighted by molar-refractivity contribution is 6.31. The van der Waals surface area contributed by atoms with Crippen LogP contribution >= 0.6 is 11.6 Å². The molecule has 3 heteroatoms. The summed E-state index contributed by atoms with van der Waals surface area (Å²) in [5, 5.41) is 4.19. The number of benzene rings is 1. The van der Waals surface area contributed by atoms with Gasteiger partial charge in [-0.1, -0.05) is 43.6 Å². The molecule has 0 bridgehead atoms. The van der Waals surface area contributed by atoms with Gasteiger partial charge >= 0.3 is 0 Å². The summed E-state index contributed by atoms with van der Waals surface area (Å²) in [7, 11) is 0. The van der Waals surface area contributed by atoms with Crippen molar-refractivity contribution < 1.29 is 4.74 Å². The van der Waals surface area contributed by atoms with Gasteiger partial charge in [0.15, 0.2) is 0 Å². The van der Waals surface area contributed by atoms with Crippen molar-refractivity contribution in [2.75, 3.05) is 13.1 Å². The molecule has 1 aromatic carbocycles. The molecule has 0 aliphatic heterocycles. The zero-order chi connectivity index (χ0) is 14.4. The summed E-state index contributed by atoms with van der Waals surface area (Å²) in [5.74, 6) is 0.849. The van der Waals surface area contributed by atoms with Crippen LogP contribution in [0.25, 0.3) is 0 Å². The maximum atomic E-state index is 6.36. The number of ether oxygens (including phenoxy) is 1. The lowest BCUT2D eigenvalue weighted by Gasteiger charge is -2.30. The van der Waals surface area contributed by atoms with E-state index in [0.29, 0.717) is 6.10 Å². The number of rotatable bonds is 6. The van der Waals surface area contributed by atoms with Crippen molar-refractivity contribution in [3.05, 3.63) is 34.9 Å². The minimum atomic E-state index is 0.0575. The predicted octanol–water partition coefficient (Wildman–Crippen LogP) is 4.59. The molecule has 0 aromatic heterocycles. The lowest BCUT2D eigenvalue weighted by molar-refractivity contribution is -0.0360. The number of hydrogen-bond acceptors (Lipinski definition) is 2. The molecule has 1 atom stereocenters. The molecule has 1 aromatic rings. The SMILES string of the molecule is CCNCC(OC1CCC(C)CC1)c1ccccc1Cl. The minimum Gasteiger partial charge on any atom is -0.369 e. The molecule has 0 saturated heterocycles. The standard InChI is InChI=1S/C17H26ClNO/c1-3-19-12-17(15-6-4-5-7-16(15)18)20-14-10-8-13(2)9-11-14/h4-7,13-14,17,19H,3,8-12H2,1-2H3. The van der Waals surface area contributed by atoms with Crippen molar-refractivity contribution >= 4 is 11.6 Å². The zero-order valence-electron chi connectivity index (χ0n) is 12.6. The Hall–Kier alpha value is -0.570. The molecule has 1 saturated carbocycles. The second-order valence-electron chi connectivity index (χ2n) is 5.84. The van der Waals surface area contributed by atoms with E-state index in [-0.39, 0.29) is 6.10 Å². The van der Waals surface area contributed by atoms with Gasteiger partial charge in [-0.3, -0.25) is 0 Å². The summed E-state index contributed by atoms with van der Waals surface area (Å²) < 4.78 is 6.36. The van der Waals surface area contributed by atoms with E-state index in [4.69, 9.17) is 16.3 Å². The van der Waals surface area contributed by atoms with Crippen molar-refractivity contribution in [2.24, 2.45) is 5.92 Å². The van der Waals surface area contributed by atoms with Crippen LogP contribution in [0.1, 0.15) is 51.2 Å². The summed E-state index contributed by atoms with van der Waals surface area (Å²) in [4.78, 5) is 0. The van der Waals surface area contributed by atoms with Gasteiger partial charge in [0, 0.05) is 17.1 Å². The molecule has 0 spiro atoms. The van der Waals surface area contributed by atoms with Gasteiger partial charge in [0.25, 0.3) is 0 Å². The third kappa shape index (κ3) is 4.47. The molecule has 1 aliphatic carbocycles. The second-order valence-corrected chi connectivity index (χ2v) is 6.24. The van der Waals surface area contributed by atoms with E-state index < -0.39 is 0 Å². The summed E-state index contributed by atoms with van der Waals surface area (Å²) in [6.45, 7) is 6.23. The lowest BCUT2D eigenvalue weighted by atomic mass is 9.89. The first-order valence-corrected chi connectivity index (χ1v) is 8.19. The Morgan fingerprint density at radius 3 is 2.60 bits per heavy atom. The molecule has 0 heterocycles. The van der Waals surface area contributed by atoms with E-state index in [0.717, 1.165) is 29.6 Å². The first kappa shape index (κ1) is 15.8. The van der Waals surface area contributed by atoms with Crippen LogP contribution in [-0.4, -0.2) is 19.2 Å². The van der Waals surface area contributed by atoms with Gasteiger partial charge in [-0.15, -0.1) is 0 Å². The molecule has 1 fully saturated rings. The first-order valence-electron chi connectivity index (χ1n) is 7.81. The summed E-state index contributed by atoms with van der Waals surface area (Å²) in [6, 6.07) is 8.03. The fourth-order valence-electron chi connectivity index (χ4n) is 2.84. The van der Waals surface area contributed by atoms with Crippen LogP contribution in [-0.2, 0) is 4.74 Å². The fraction of sp³-hybridized carbons (Fsp3) is 0.647. The number of nitrogens with one attached hydrogen (secondary N) is 1. The largest absolute Gasteiger partial charge is 0.369 e. The quantitative estimate of drug-likeness (QED) is 0.829. The second kappa shape index (κ2) is 8.02. The van der Waals surface area contributed by atoms with Gasteiger partial charge in [-0.2, -0.15) is 0 Å². The fourth-order valence-corrected chi connectivity index (χ4v) is 3.10. The smallest absolute Gasteiger partial charge is 0.0967 e. The van der Waals surface area contributed by atoms with E-state index in [2.05, 4.69) is 25.2 Å². The Morgan fingerprint density at radius 1 is 1.25 bits per heavy atom. The molecule has 0 amide bonds. The van der Waals surface area contributed by atoms with Crippen molar-refractivity contribution in [1.29, 1.82) is 0 Å². The summed E-state index contributed by atoms with van der Waals surface area (Å²) in [6.07, 6.45) is 5.35. The van der Waals surface area contributed by atoms with Crippen molar-refractivity contribution in [2.45, 2.75) is 51.7 Å². The normalized spacial score (nSPS) is 24.6. The highest BCUT2D eigenvalue weighted by atomic mass is 35.5. The van der Waals surface area contributed by atoms with Gasteiger partial charge in [0.1, 0.15) is 0 Å². The van der Waals surface area contributed by atoms with Gasteiger partial charge in [0.05, 0.1) is 12.2 Å². The monoisotopic (exact) mass is 295 g/mol. The Morgan fingerprint density at radius 2 is 1.95 bits per heavy atom. The molecular weight excluding hydrogens is 270 g/mol. The van der Waals surface area contributed by atoms with Crippen molar-refractivity contribution in [3.8, 4) is 0 Å². The number of hydrogen-bond donors (Lipinski definition) is 1. The zero-order valence-corrected chi connectivity index (χ0v) is 13.3. The topological polar surface area (TPSA) is 21.3 Å². The van der Waals surface area contributed by atoms with E-state index in [1.165, 1.54) is 25.7 Å². The Balaban J connectivity index is 2.02. The van der Waals surface area contributed by atoms with Crippen molar-refractivity contribution in [1.82, 2.24) is 5.32 Å². The molecule has 1 N–H and O–H groups in total. The summed E-state index contributed by atoms with van der Waals surface area (Å²) in [5.41, 5.74) is 1.11. The summed E-state index contributed by atoms with van der Waals surface area (Å²) >= 11 is 6.33. The van der Waals surface area contributed by atoms with E-state index >= 15 is 0 Å². The van der Waals surface area contributed by atoms with Crippen LogP contribution < -0.4 is 5.32 Å². The van der Waals surface area contributed by atoms with Crippen LogP contribution in [0.4, 0.5) is 0 Å². The lowest BCUT2D eigenvalue weighted by Crippen LogP contribution is -2.29. The van der Waals surface area contributed by atoms with Gasteiger partial charge in [-0.05, 0) is 44.2 Å². The third-order valence-corrected chi connectivity index (χ3v) is 4.50. The van der Waals surface area contributed by atoms with E-state index in [1.54, 1.807) is 0 Å². The number of halogens is 1. The molecule has 2 rings (SSSR count). The third-order valence-electron chi connectivity index (χ3n) is 4.15. The number of likely N-dealkylation sites (N-methyl/N-ethyl adjacent to an activating group) is 1. The Kier molecular flexibility index (Phi) is 6.34. The molecule has 1 aliphatic rings. The first-order chi connectivity index (χ1) is 9.70. The predicted molar refractivity (Wildman–Crippen MR) is 85.2 cm³/mol. The molecule has 20 heavy (non-hydrogen) atoms. The van der Waals surface area contributed by atoms with Crippen LogP contribution in [0.3, 0.4) is 0 Å². The van der Waals surface area contributed by atoms with Crippen molar-refractivity contribution in [3.63, 3.8) is 0 Å². The average molecular weight is 296 g/mol. The molecular formula is C17H26ClNO. The highest BCUT2D eigenvalue weighted by Crippen LogP contribution is 2.32. The molecule has 112 valence electrons. The minimum absolute atomic E-state index is 0.0575. The van der Waals surface area contributed by atoms with Gasteiger partial charge in [0.2, 0.25) is 0 Å². The molecule has 1 unspecified atom stereocenters. The average Bonchev–Trinajstić information content (AvgIpc) is 2.46. The molecule has 0 radical (unpaired) electrons. The Bertz CT molecular complexity index is 402. The van der Waals surface area contributed by atoms with E-state index in [1.807, 2.05) is 18.2 Å². The van der Waals surface area contributed by atoms with Crippen LogP contribution in [0.5, 0.6) is 0 Å². The molecule has 2 nitrogen and oxygen atoms in total. The van der Waals surface area contributed by atoms with Gasteiger partial charge < -0.3 is 10.1 Å². The van der Waals surface area contributed by atoms with Gasteiger partial charge in [-0.25, -0.2) is 0 Å². The van der Waals surface area contributed by atoms with Crippen LogP contribution in [0, 0.1) is 5.92 Å². The maximum absolute atomic E-state index is 6.36. The maximum Gasteiger partial charge on any atom is 0.0967 e. The van der Waals surface area contributed by atoms with Crippen LogP contribution in [0.2, 0.25) is 5.02 Å². The van der Waals surface area contributed by atoms with E-state index in [9.17, 15) is 0 Å². The highest BCUT2D eigenvalue weighted by Gasteiger charge is 2.23. The Labute approximate surface area is 127 Å².